The zero-order valence-corrected chi connectivity index (χ0v) is 24.1. The van der Waals surface area contributed by atoms with Crippen LogP contribution in [0, 0.1) is 5.92 Å². The van der Waals surface area contributed by atoms with Crippen molar-refractivity contribution < 1.29 is 46.5 Å². The number of benzene rings is 1. The lowest BCUT2D eigenvalue weighted by Gasteiger charge is -2.32. The summed E-state index contributed by atoms with van der Waals surface area (Å²) in [5.41, 5.74) is 11.0. The van der Waals surface area contributed by atoms with Gasteiger partial charge in [0, 0.05) is 25.2 Å². The molecule has 43 heavy (non-hydrogen) atoms. The zero-order valence-electron chi connectivity index (χ0n) is 24.1. The number of oxazole rings is 1. The van der Waals surface area contributed by atoms with Gasteiger partial charge < -0.3 is 44.6 Å². The molecule has 13 nitrogen and oxygen atoms in total. The number of methoxy groups -OCH3 is 1. The lowest BCUT2D eigenvalue weighted by molar-refractivity contribution is -0.139. The highest BCUT2D eigenvalue weighted by atomic mass is 19.3. The second kappa shape index (κ2) is 14.5. The molecule has 1 aromatic heterocycles. The molecule has 1 unspecified atom stereocenters. The molecule has 2 aromatic rings. The Kier molecular flexibility index (Phi) is 10.7. The van der Waals surface area contributed by atoms with Crippen LogP contribution in [0.4, 0.5) is 13.6 Å². The number of likely N-dealkylation sites (tertiary alicyclic amines) is 1. The van der Waals surface area contributed by atoms with Crippen LogP contribution in [-0.2, 0) is 14.3 Å². The van der Waals surface area contributed by atoms with Gasteiger partial charge >= 0.3 is 12.7 Å². The normalized spacial score (nSPS) is 19.0. The van der Waals surface area contributed by atoms with Gasteiger partial charge in [0.1, 0.15) is 6.04 Å². The summed E-state index contributed by atoms with van der Waals surface area (Å²) in [5, 5.41) is 0. The van der Waals surface area contributed by atoms with Gasteiger partial charge in [0.25, 0.3) is 5.91 Å². The van der Waals surface area contributed by atoms with Gasteiger partial charge in [-0.05, 0) is 56.7 Å². The fraction of sp³-hybridized carbons (Fsp3) is 0.571. The molecule has 15 heteroatoms. The highest BCUT2D eigenvalue weighted by Gasteiger charge is 2.39. The Morgan fingerprint density at radius 2 is 1.81 bits per heavy atom. The van der Waals surface area contributed by atoms with Gasteiger partial charge in [0.15, 0.2) is 23.0 Å². The Hall–Kier alpha value is -3.98. The summed E-state index contributed by atoms with van der Waals surface area (Å²) < 4.78 is 51.4. The summed E-state index contributed by atoms with van der Waals surface area (Å²) in [4.78, 5) is 43.9. The zero-order chi connectivity index (χ0) is 31.1. The van der Waals surface area contributed by atoms with Crippen molar-refractivity contribution in [2.45, 2.75) is 51.3 Å². The second-order valence-electron chi connectivity index (χ2n) is 10.4. The smallest absolute Gasteiger partial charge is 0.404 e. The third-order valence-electron chi connectivity index (χ3n) is 7.17. The molecular formula is C28H37F2N5O8. The number of carbonyl (C=O) groups is 3. The van der Waals surface area contributed by atoms with Crippen LogP contribution in [-0.4, -0.2) is 91.9 Å². The number of halogens is 2. The van der Waals surface area contributed by atoms with E-state index in [1.807, 2.05) is 0 Å². The van der Waals surface area contributed by atoms with E-state index in [1.54, 1.807) is 11.8 Å². The Morgan fingerprint density at radius 1 is 1.12 bits per heavy atom. The average molecular weight is 610 g/mol. The van der Waals surface area contributed by atoms with Gasteiger partial charge in [-0.1, -0.05) is 0 Å². The first-order chi connectivity index (χ1) is 20.6. The number of amides is 3. The van der Waals surface area contributed by atoms with E-state index in [9.17, 15) is 23.2 Å². The maximum Gasteiger partial charge on any atom is 0.404 e. The predicted octanol–water partition coefficient (Wildman–Crippen LogP) is 2.93. The molecule has 0 bridgehead atoms. The molecule has 0 radical (unpaired) electrons. The minimum atomic E-state index is -3.01. The van der Waals surface area contributed by atoms with Crippen LogP contribution in [0.1, 0.15) is 54.9 Å². The number of hydrogen-bond donors (Lipinski definition) is 2. The Labute approximate surface area is 247 Å². The summed E-state index contributed by atoms with van der Waals surface area (Å²) in [5.74, 6) is 0.178. The van der Waals surface area contributed by atoms with E-state index in [-0.39, 0.29) is 34.8 Å². The maximum absolute atomic E-state index is 13.7. The summed E-state index contributed by atoms with van der Waals surface area (Å²) >= 11 is 0. The molecule has 1 aromatic carbocycles. The lowest BCUT2D eigenvalue weighted by Crippen LogP contribution is -2.51. The Balaban J connectivity index is 0.000000782. The van der Waals surface area contributed by atoms with Crippen molar-refractivity contribution in [2.24, 2.45) is 17.4 Å². The molecule has 3 heterocycles. The van der Waals surface area contributed by atoms with E-state index in [2.05, 4.69) is 20.2 Å². The molecule has 2 saturated heterocycles. The molecule has 2 atom stereocenters. The summed E-state index contributed by atoms with van der Waals surface area (Å²) in [6.07, 6.45) is 2.56. The standard InChI is InChI=1S/C26H32F2N4O6.C2H5NO2/c1-15(29)22-21(25(34)32-8-2-3-18(32)24(33)31-9-11-35-12-10-31)30-23(38-22)17-6-7-19(37-26(27)28)20(13-17)36-14-16-4-5-16;1-5-2(3)4/h6-7,13,15-16,18,26H,2-5,8-12,14,29H2,1H3;1H3,(H2,3,4)/t15-,18?;/m0./s1. The van der Waals surface area contributed by atoms with Gasteiger partial charge in [-0.25, -0.2) is 9.78 Å². The quantitative estimate of drug-likeness (QED) is 0.430. The van der Waals surface area contributed by atoms with Crippen molar-refractivity contribution in [3.05, 3.63) is 29.7 Å². The van der Waals surface area contributed by atoms with E-state index in [1.165, 1.54) is 30.2 Å². The Bertz CT molecular complexity index is 1280. The number of primary amides is 1. The molecular weight excluding hydrogens is 572 g/mol. The van der Waals surface area contributed by atoms with E-state index >= 15 is 0 Å². The third-order valence-corrected chi connectivity index (χ3v) is 7.17. The third kappa shape index (κ3) is 8.32. The number of rotatable bonds is 9. The number of ether oxygens (including phenoxy) is 4. The van der Waals surface area contributed by atoms with Crippen LogP contribution in [0.25, 0.3) is 11.5 Å². The highest BCUT2D eigenvalue weighted by Crippen LogP contribution is 2.37. The van der Waals surface area contributed by atoms with Crippen molar-refractivity contribution >= 4 is 17.9 Å². The molecule has 3 amide bonds. The number of carbonyl (C=O) groups excluding carboxylic acids is 3. The van der Waals surface area contributed by atoms with Crippen molar-refractivity contribution in [1.82, 2.24) is 14.8 Å². The van der Waals surface area contributed by atoms with E-state index in [0.29, 0.717) is 63.8 Å². The van der Waals surface area contributed by atoms with Crippen LogP contribution >= 0.6 is 0 Å². The first kappa shape index (κ1) is 31.9. The van der Waals surface area contributed by atoms with Crippen molar-refractivity contribution in [2.75, 3.05) is 46.6 Å². The summed E-state index contributed by atoms with van der Waals surface area (Å²) in [6.45, 7) is 1.40. The number of alkyl halides is 2. The number of aromatic nitrogens is 1. The minimum Gasteiger partial charge on any atom is -0.489 e. The van der Waals surface area contributed by atoms with Crippen molar-refractivity contribution in [1.29, 1.82) is 0 Å². The monoisotopic (exact) mass is 609 g/mol. The number of nitrogens with two attached hydrogens (primary N) is 2. The molecule has 2 aliphatic heterocycles. The van der Waals surface area contributed by atoms with Crippen LogP contribution in [0.15, 0.2) is 22.6 Å². The van der Waals surface area contributed by atoms with Crippen LogP contribution < -0.4 is 20.9 Å². The molecule has 0 spiro atoms. The van der Waals surface area contributed by atoms with Gasteiger partial charge in [-0.2, -0.15) is 8.78 Å². The topological polar surface area (TPSA) is 173 Å². The van der Waals surface area contributed by atoms with Crippen LogP contribution in [0.3, 0.4) is 0 Å². The van der Waals surface area contributed by atoms with Crippen LogP contribution in [0.5, 0.6) is 11.5 Å². The second-order valence-corrected chi connectivity index (χ2v) is 10.4. The molecule has 3 aliphatic rings. The van der Waals surface area contributed by atoms with Gasteiger partial charge in [-0.3, -0.25) is 9.59 Å². The SMILES string of the molecule is COC(N)=O.C[C@H](N)c1oc(-c2ccc(OC(F)F)c(OCC3CC3)c2)nc1C(=O)N1CCCC1C(=O)N1CCOCC1. The fourth-order valence-electron chi connectivity index (χ4n) is 4.75. The predicted molar refractivity (Wildman–Crippen MR) is 147 cm³/mol. The summed E-state index contributed by atoms with van der Waals surface area (Å²) in [6, 6.07) is 3.13. The molecule has 4 N–H and O–H groups in total. The fourth-order valence-corrected chi connectivity index (χ4v) is 4.75. The molecule has 5 rings (SSSR count). The molecule has 236 valence electrons. The molecule has 1 aliphatic carbocycles. The lowest BCUT2D eigenvalue weighted by atomic mass is 10.1. The highest BCUT2D eigenvalue weighted by molar-refractivity contribution is 5.97. The molecule has 1 saturated carbocycles. The van der Waals surface area contributed by atoms with E-state index in [4.69, 9.17) is 19.6 Å². The first-order valence-electron chi connectivity index (χ1n) is 14.1. The van der Waals surface area contributed by atoms with E-state index in [0.717, 1.165) is 12.8 Å². The minimum absolute atomic E-state index is 0.0324. The van der Waals surface area contributed by atoms with Crippen LogP contribution in [0.2, 0.25) is 0 Å². The summed E-state index contributed by atoms with van der Waals surface area (Å²) in [7, 11) is 1.22. The molecule has 3 fully saturated rings. The van der Waals surface area contributed by atoms with Gasteiger partial charge in [-0.15, -0.1) is 0 Å². The first-order valence-corrected chi connectivity index (χ1v) is 14.1. The van der Waals surface area contributed by atoms with Crippen molar-refractivity contribution in [3.8, 4) is 23.0 Å². The number of nitrogens with zero attached hydrogens (tertiary/aromatic N) is 3. The van der Waals surface area contributed by atoms with Gasteiger partial charge in [0.05, 0.1) is 33.0 Å². The largest absolute Gasteiger partial charge is 0.489 e. The average Bonchev–Trinajstić information content (AvgIpc) is 3.49. The Morgan fingerprint density at radius 3 is 2.42 bits per heavy atom. The van der Waals surface area contributed by atoms with E-state index < -0.39 is 30.7 Å². The van der Waals surface area contributed by atoms with Crippen molar-refractivity contribution in [3.63, 3.8) is 0 Å². The number of morpholine rings is 1. The van der Waals surface area contributed by atoms with Gasteiger partial charge in [0.2, 0.25) is 11.8 Å². The number of hydrogen-bond acceptors (Lipinski definition) is 10. The maximum atomic E-state index is 13.7.